The number of carbonyl (C=O) groups is 3. The predicted octanol–water partition coefficient (Wildman–Crippen LogP) is 1.96. The Morgan fingerprint density at radius 3 is 2.50 bits per heavy atom. The van der Waals surface area contributed by atoms with Crippen LogP contribution in [0.3, 0.4) is 0 Å². The van der Waals surface area contributed by atoms with E-state index in [1.54, 1.807) is 24.3 Å². The highest BCUT2D eigenvalue weighted by Gasteiger charge is 2.41. The molecule has 0 unspecified atom stereocenters. The number of benzene rings is 1. The quantitative estimate of drug-likeness (QED) is 0.812. The molecule has 3 heterocycles. The number of ether oxygens (including phenoxy) is 1. The number of hydrogen-bond donors (Lipinski definition) is 1. The second-order valence-corrected chi connectivity index (χ2v) is 7.57. The summed E-state index contributed by atoms with van der Waals surface area (Å²) in [6.07, 6.45) is 0.443. The largest absolute Gasteiger partial charge is 0.379 e. The van der Waals surface area contributed by atoms with E-state index in [0.29, 0.717) is 35.9 Å². The highest BCUT2D eigenvalue weighted by Crippen LogP contribution is 2.29. The number of amides is 3. The van der Waals surface area contributed by atoms with Crippen LogP contribution in [0, 0.1) is 5.41 Å². The summed E-state index contributed by atoms with van der Waals surface area (Å²) >= 11 is 1.33. The van der Waals surface area contributed by atoms with Crippen LogP contribution in [0.4, 0.5) is 5.13 Å². The van der Waals surface area contributed by atoms with Gasteiger partial charge in [0.1, 0.15) is 0 Å². The normalized spacial score (nSPS) is 17.8. The van der Waals surface area contributed by atoms with Crippen molar-refractivity contribution < 1.29 is 19.1 Å². The second-order valence-electron chi connectivity index (χ2n) is 6.71. The van der Waals surface area contributed by atoms with E-state index in [1.807, 2.05) is 12.3 Å². The first kappa shape index (κ1) is 16.9. The average Bonchev–Trinajstić information content (AvgIpc) is 3.15. The Balaban J connectivity index is 1.38. The third kappa shape index (κ3) is 2.81. The zero-order valence-electron chi connectivity index (χ0n) is 14.2. The Labute approximate surface area is 154 Å². The molecule has 0 bridgehead atoms. The van der Waals surface area contributed by atoms with Gasteiger partial charge in [-0.3, -0.25) is 19.3 Å². The van der Waals surface area contributed by atoms with Gasteiger partial charge in [-0.05, 0) is 19.1 Å². The SMILES string of the molecule is CC1(C(=O)Nc2nc(CCN3C(=O)c4ccccc4C3=O)cs2)COC1. The van der Waals surface area contributed by atoms with Crippen LogP contribution in [0.15, 0.2) is 29.6 Å². The first-order valence-corrected chi connectivity index (χ1v) is 9.15. The molecule has 7 nitrogen and oxygen atoms in total. The van der Waals surface area contributed by atoms with Crippen LogP contribution in [-0.2, 0) is 16.0 Å². The Kier molecular flexibility index (Phi) is 4.08. The second kappa shape index (κ2) is 6.30. The van der Waals surface area contributed by atoms with Gasteiger partial charge < -0.3 is 10.1 Å². The van der Waals surface area contributed by atoms with Crippen molar-refractivity contribution in [2.75, 3.05) is 25.1 Å². The summed E-state index contributed by atoms with van der Waals surface area (Å²) in [7, 11) is 0. The number of aromatic nitrogens is 1. The average molecular weight is 371 g/mol. The summed E-state index contributed by atoms with van der Waals surface area (Å²) in [6.45, 7) is 2.94. The predicted molar refractivity (Wildman–Crippen MR) is 95.2 cm³/mol. The standard InChI is InChI=1S/C18H17N3O4S/c1-18(9-25-10-18)16(24)20-17-19-11(8-26-17)6-7-21-14(22)12-4-2-3-5-13(12)15(21)23/h2-5,8H,6-7,9-10H2,1H3,(H,19,20,24). The Morgan fingerprint density at radius 1 is 1.27 bits per heavy atom. The van der Waals surface area contributed by atoms with Gasteiger partial charge in [-0.25, -0.2) is 4.98 Å². The minimum absolute atomic E-state index is 0.106. The van der Waals surface area contributed by atoms with Gasteiger partial charge in [0.15, 0.2) is 5.13 Å². The van der Waals surface area contributed by atoms with Crippen molar-refractivity contribution in [3.8, 4) is 0 Å². The van der Waals surface area contributed by atoms with Gasteiger partial charge in [-0.1, -0.05) is 12.1 Å². The zero-order chi connectivity index (χ0) is 18.3. The van der Waals surface area contributed by atoms with Gasteiger partial charge in [0.25, 0.3) is 11.8 Å². The van der Waals surface area contributed by atoms with E-state index in [4.69, 9.17) is 4.74 Å². The first-order chi connectivity index (χ1) is 12.5. The van der Waals surface area contributed by atoms with E-state index in [0.717, 1.165) is 5.69 Å². The monoisotopic (exact) mass is 371 g/mol. The molecule has 1 aromatic carbocycles. The molecule has 0 aliphatic carbocycles. The molecule has 0 radical (unpaired) electrons. The fraction of sp³-hybridized carbons (Fsp3) is 0.333. The lowest BCUT2D eigenvalue weighted by Gasteiger charge is -2.35. The lowest BCUT2D eigenvalue weighted by Crippen LogP contribution is -2.49. The summed E-state index contributed by atoms with van der Waals surface area (Å²) in [6, 6.07) is 6.82. The van der Waals surface area contributed by atoms with Crippen LogP contribution in [0.2, 0.25) is 0 Å². The molecule has 1 N–H and O–H groups in total. The first-order valence-electron chi connectivity index (χ1n) is 8.27. The molecule has 2 aromatic rings. The lowest BCUT2D eigenvalue weighted by atomic mass is 9.88. The maximum Gasteiger partial charge on any atom is 0.261 e. The third-order valence-electron chi connectivity index (χ3n) is 4.63. The van der Waals surface area contributed by atoms with Crippen molar-refractivity contribution >= 4 is 34.2 Å². The molecular weight excluding hydrogens is 354 g/mol. The number of thiazole rings is 1. The molecule has 26 heavy (non-hydrogen) atoms. The summed E-state index contributed by atoms with van der Waals surface area (Å²) < 4.78 is 5.10. The van der Waals surface area contributed by atoms with Crippen molar-refractivity contribution in [2.45, 2.75) is 13.3 Å². The van der Waals surface area contributed by atoms with E-state index in [-0.39, 0.29) is 24.3 Å². The molecule has 1 fully saturated rings. The maximum absolute atomic E-state index is 12.3. The molecule has 1 saturated heterocycles. The van der Waals surface area contributed by atoms with Gasteiger partial charge in [-0.2, -0.15) is 0 Å². The molecule has 2 aliphatic heterocycles. The van der Waals surface area contributed by atoms with Crippen LogP contribution in [0.5, 0.6) is 0 Å². The minimum Gasteiger partial charge on any atom is -0.379 e. The molecule has 0 atom stereocenters. The number of carbonyl (C=O) groups excluding carboxylic acids is 3. The fourth-order valence-electron chi connectivity index (χ4n) is 2.94. The molecule has 3 amide bonds. The number of hydrogen-bond acceptors (Lipinski definition) is 6. The van der Waals surface area contributed by atoms with Crippen molar-refractivity contribution in [3.63, 3.8) is 0 Å². The number of anilines is 1. The molecule has 8 heteroatoms. The molecule has 0 saturated carbocycles. The summed E-state index contributed by atoms with van der Waals surface area (Å²) in [4.78, 5) is 42.5. The van der Waals surface area contributed by atoms with Crippen LogP contribution >= 0.6 is 11.3 Å². The third-order valence-corrected chi connectivity index (χ3v) is 5.44. The van der Waals surface area contributed by atoms with Crippen molar-refractivity contribution in [1.29, 1.82) is 0 Å². The highest BCUT2D eigenvalue weighted by molar-refractivity contribution is 7.13. The van der Waals surface area contributed by atoms with Crippen molar-refractivity contribution in [2.24, 2.45) is 5.41 Å². The molecular formula is C18H17N3O4S. The fourth-order valence-corrected chi connectivity index (χ4v) is 3.67. The van der Waals surface area contributed by atoms with E-state index >= 15 is 0 Å². The topological polar surface area (TPSA) is 88.6 Å². The molecule has 2 aliphatic rings. The molecule has 134 valence electrons. The highest BCUT2D eigenvalue weighted by atomic mass is 32.1. The van der Waals surface area contributed by atoms with Crippen molar-refractivity contribution in [3.05, 3.63) is 46.5 Å². The maximum atomic E-state index is 12.3. The van der Waals surface area contributed by atoms with Crippen LogP contribution in [0.1, 0.15) is 33.3 Å². The van der Waals surface area contributed by atoms with E-state index in [2.05, 4.69) is 10.3 Å². The number of nitrogens with one attached hydrogen (secondary N) is 1. The number of nitrogens with zero attached hydrogens (tertiary/aromatic N) is 2. The van der Waals surface area contributed by atoms with Gasteiger partial charge >= 0.3 is 0 Å². The number of rotatable bonds is 5. The minimum atomic E-state index is -0.494. The van der Waals surface area contributed by atoms with Crippen LogP contribution in [0.25, 0.3) is 0 Å². The summed E-state index contributed by atoms with van der Waals surface area (Å²) in [5.74, 6) is -0.649. The van der Waals surface area contributed by atoms with Crippen LogP contribution in [-0.4, -0.2) is 47.4 Å². The van der Waals surface area contributed by atoms with Gasteiger partial charge in [0.05, 0.1) is 35.4 Å². The summed E-state index contributed by atoms with van der Waals surface area (Å²) in [5, 5.41) is 5.15. The zero-order valence-corrected chi connectivity index (χ0v) is 15.0. The number of fused-ring (bicyclic) bond motifs is 1. The van der Waals surface area contributed by atoms with Crippen molar-refractivity contribution in [1.82, 2.24) is 9.88 Å². The van der Waals surface area contributed by atoms with Crippen LogP contribution < -0.4 is 5.32 Å². The van der Waals surface area contributed by atoms with Gasteiger partial charge in [-0.15, -0.1) is 11.3 Å². The van der Waals surface area contributed by atoms with Gasteiger partial charge in [0, 0.05) is 18.3 Å². The van der Waals surface area contributed by atoms with E-state index < -0.39 is 5.41 Å². The molecule has 0 spiro atoms. The molecule has 1 aromatic heterocycles. The van der Waals surface area contributed by atoms with E-state index in [9.17, 15) is 14.4 Å². The van der Waals surface area contributed by atoms with Gasteiger partial charge in [0.2, 0.25) is 5.91 Å². The smallest absolute Gasteiger partial charge is 0.261 e. The lowest BCUT2D eigenvalue weighted by molar-refractivity contribution is -0.151. The summed E-state index contributed by atoms with van der Waals surface area (Å²) in [5.41, 5.74) is 1.13. The number of imide groups is 1. The molecule has 4 rings (SSSR count). The van der Waals surface area contributed by atoms with E-state index in [1.165, 1.54) is 16.2 Å². The Hall–Kier alpha value is -2.58. The Bertz CT molecular complexity index is 868. The Morgan fingerprint density at radius 2 is 1.92 bits per heavy atom.